The SMILES string of the molecule is Cc1ccc(NC(=O)c2cncc(C(=O)Nc3ccccc3OC(C)C)c2)cc1. The maximum atomic E-state index is 12.7. The normalized spacial score (nSPS) is 10.5. The number of hydrogen-bond acceptors (Lipinski definition) is 4. The van der Waals surface area contributed by atoms with Crippen LogP contribution < -0.4 is 15.4 Å². The van der Waals surface area contributed by atoms with E-state index in [1.807, 2.05) is 57.2 Å². The molecule has 0 saturated carbocycles. The van der Waals surface area contributed by atoms with Crippen molar-refractivity contribution < 1.29 is 14.3 Å². The Morgan fingerprint density at radius 1 is 0.897 bits per heavy atom. The molecule has 2 amide bonds. The zero-order chi connectivity index (χ0) is 20.8. The first-order chi connectivity index (χ1) is 13.9. The number of aryl methyl sites for hydroxylation is 1. The van der Waals surface area contributed by atoms with Crippen molar-refractivity contribution in [3.8, 4) is 5.75 Å². The number of carbonyl (C=O) groups is 2. The van der Waals surface area contributed by atoms with E-state index >= 15 is 0 Å². The Labute approximate surface area is 169 Å². The van der Waals surface area contributed by atoms with Crippen LogP contribution in [0.1, 0.15) is 40.1 Å². The summed E-state index contributed by atoms with van der Waals surface area (Å²) in [7, 11) is 0. The maximum Gasteiger partial charge on any atom is 0.257 e. The highest BCUT2D eigenvalue weighted by Gasteiger charge is 2.14. The van der Waals surface area contributed by atoms with Crippen LogP contribution in [-0.4, -0.2) is 22.9 Å². The zero-order valence-corrected chi connectivity index (χ0v) is 16.6. The number of pyridine rings is 1. The van der Waals surface area contributed by atoms with Gasteiger partial charge >= 0.3 is 0 Å². The first-order valence-corrected chi connectivity index (χ1v) is 9.32. The summed E-state index contributed by atoms with van der Waals surface area (Å²) in [5.41, 5.74) is 2.91. The average molecular weight is 389 g/mol. The lowest BCUT2D eigenvalue weighted by molar-refractivity contribution is 0.102. The predicted molar refractivity (Wildman–Crippen MR) is 114 cm³/mol. The average Bonchev–Trinajstić information content (AvgIpc) is 2.71. The van der Waals surface area contributed by atoms with E-state index in [0.717, 1.165) is 5.56 Å². The number of hydrogen-bond donors (Lipinski definition) is 2. The largest absolute Gasteiger partial charge is 0.489 e. The fourth-order valence-electron chi connectivity index (χ4n) is 2.65. The molecular formula is C23H23N3O3. The van der Waals surface area contributed by atoms with Crippen molar-refractivity contribution in [2.24, 2.45) is 0 Å². The van der Waals surface area contributed by atoms with Crippen LogP contribution in [0.4, 0.5) is 11.4 Å². The van der Waals surface area contributed by atoms with Crippen molar-refractivity contribution in [1.29, 1.82) is 0 Å². The van der Waals surface area contributed by atoms with Crippen molar-refractivity contribution in [1.82, 2.24) is 4.98 Å². The van der Waals surface area contributed by atoms with Crippen LogP contribution >= 0.6 is 0 Å². The van der Waals surface area contributed by atoms with Crippen LogP contribution in [0, 0.1) is 6.92 Å². The molecular weight excluding hydrogens is 366 g/mol. The van der Waals surface area contributed by atoms with Gasteiger partial charge in [-0.1, -0.05) is 29.8 Å². The molecule has 3 aromatic rings. The number of amides is 2. The highest BCUT2D eigenvalue weighted by atomic mass is 16.5. The van der Waals surface area contributed by atoms with Crippen LogP contribution in [0.5, 0.6) is 5.75 Å². The Bertz CT molecular complexity index is 1010. The fraction of sp³-hybridized carbons (Fsp3) is 0.174. The summed E-state index contributed by atoms with van der Waals surface area (Å²) < 4.78 is 5.72. The number of aromatic nitrogens is 1. The van der Waals surface area contributed by atoms with Gasteiger partial charge in [-0.05, 0) is 51.1 Å². The molecule has 0 bridgehead atoms. The Morgan fingerprint density at radius 2 is 1.52 bits per heavy atom. The Balaban J connectivity index is 1.74. The topological polar surface area (TPSA) is 80.3 Å². The summed E-state index contributed by atoms with van der Waals surface area (Å²) in [4.78, 5) is 29.2. The van der Waals surface area contributed by atoms with Gasteiger partial charge in [0.15, 0.2) is 0 Å². The van der Waals surface area contributed by atoms with Gasteiger partial charge in [-0.3, -0.25) is 14.6 Å². The third-order valence-electron chi connectivity index (χ3n) is 4.07. The van der Waals surface area contributed by atoms with E-state index in [4.69, 9.17) is 4.74 Å². The predicted octanol–water partition coefficient (Wildman–Crippen LogP) is 4.68. The van der Waals surface area contributed by atoms with Crippen molar-refractivity contribution in [2.75, 3.05) is 10.6 Å². The van der Waals surface area contributed by atoms with Gasteiger partial charge in [-0.2, -0.15) is 0 Å². The summed E-state index contributed by atoms with van der Waals surface area (Å²) in [6, 6.07) is 16.2. The zero-order valence-electron chi connectivity index (χ0n) is 16.6. The molecule has 6 nitrogen and oxygen atoms in total. The highest BCUT2D eigenvalue weighted by molar-refractivity contribution is 6.08. The van der Waals surface area contributed by atoms with Crippen molar-refractivity contribution >= 4 is 23.2 Å². The maximum absolute atomic E-state index is 12.7. The Hall–Kier alpha value is -3.67. The molecule has 3 rings (SSSR count). The molecule has 6 heteroatoms. The van der Waals surface area contributed by atoms with Crippen LogP contribution in [0.15, 0.2) is 67.0 Å². The van der Waals surface area contributed by atoms with Crippen molar-refractivity contribution in [3.05, 3.63) is 83.7 Å². The minimum atomic E-state index is -0.373. The molecule has 0 aliphatic heterocycles. The quantitative estimate of drug-likeness (QED) is 0.641. The second-order valence-electron chi connectivity index (χ2n) is 6.90. The lowest BCUT2D eigenvalue weighted by Gasteiger charge is -2.15. The van der Waals surface area contributed by atoms with Gasteiger partial charge in [-0.15, -0.1) is 0 Å². The molecule has 0 radical (unpaired) electrons. The number of carbonyl (C=O) groups excluding carboxylic acids is 2. The molecule has 0 aliphatic carbocycles. The lowest BCUT2D eigenvalue weighted by atomic mass is 10.1. The van der Waals surface area contributed by atoms with Crippen LogP contribution in [0.3, 0.4) is 0 Å². The summed E-state index contributed by atoms with van der Waals surface area (Å²) in [5, 5.41) is 5.62. The van der Waals surface area contributed by atoms with Gasteiger partial charge in [0.2, 0.25) is 0 Å². The van der Waals surface area contributed by atoms with Crippen molar-refractivity contribution in [3.63, 3.8) is 0 Å². The number of rotatable bonds is 6. The van der Waals surface area contributed by atoms with Gasteiger partial charge in [0.05, 0.1) is 22.9 Å². The lowest BCUT2D eigenvalue weighted by Crippen LogP contribution is -2.17. The molecule has 0 saturated heterocycles. The minimum Gasteiger partial charge on any atom is -0.489 e. The molecule has 0 unspecified atom stereocenters. The monoisotopic (exact) mass is 389 g/mol. The summed E-state index contributed by atoms with van der Waals surface area (Å²) >= 11 is 0. The van der Waals surface area contributed by atoms with E-state index in [-0.39, 0.29) is 23.5 Å². The Kier molecular flexibility index (Phi) is 6.24. The molecule has 0 spiro atoms. The van der Waals surface area contributed by atoms with E-state index in [1.54, 1.807) is 12.1 Å². The summed E-state index contributed by atoms with van der Waals surface area (Å²) in [5.74, 6) is -0.126. The van der Waals surface area contributed by atoms with E-state index in [1.165, 1.54) is 18.5 Å². The van der Waals surface area contributed by atoms with E-state index in [0.29, 0.717) is 22.7 Å². The van der Waals surface area contributed by atoms with E-state index in [2.05, 4.69) is 15.6 Å². The van der Waals surface area contributed by atoms with Crippen LogP contribution in [0.2, 0.25) is 0 Å². The number of ether oxygens (including phenoxy) is 1. The second kappa shape index (κ2) is 9.01. The van der Waals surface area contributed by atoms with Gasteiger partial charge in [0.1, 0.15) is 5.75 Å². The minimum absolute atomic E-state index is 0.0245. The van der Waals surface area contributed by atoms with Gasteiger partial charge < -0.3 is 15.4 Å². The number of para-hydroxylation sites is 2. The molecule has 148 valence electrons. The van der Waals surface area contributed by atoms with Crippen molar-refractivity contribution in [2.45, 2.75) is 26.9 Å². The molecule has 2 N–H and O–H groups in total. The first kappa shape index (κ1) is 20.1. The van der Waals surface area contributed by atoms with E-state index < -0.39 is 0 Å². The van der Waals surface area contributed by atoms with Crippen LogP contribution in [-0.2, 0) is 0 Å². The number of nitrogens with one attached hydrogen (secondary N) is 2. The molecule has 1 aromatic heterocycles. The number of anilines is 2. The molecule has 2 aromatic carbocycles. The fourth-order valence-corrected chi connectivity index (χ4v) is 2.65. The van der Waals surface area contributed by atoms with Gasteiger partial charge in [0.25, 0.3) is 11.8 Å². The highest BCUT2D eigenvalue weighted by Crippen LogP contribution is 2.25. The third-order valence-corrected chi connectivity index (χ3v) is 4.07. The Morgan fingerprint density at radius 3 is 2.17 bits per heavy atom. The molecule has 29 heavy (non-hydrogen) atoms. The molecule has 0 fully saturated rings. The molecule has 0 aliphatic rings. The molecule has 1 heterocycles. The van der Waals surface area contributed by atoms with Gasteiger partial charge in [0, 0.05) is 18.1 Å². The number of benzene rings is 2. The third kappa shape index (κ3) is 5.42. The van der Waals surface area contributed by atoms with E-state index in [9.17, 15) is 9.59 Å². The standard InChI is InChI=1S/C23H23N3O3/c1-15(2)29-21-7-5-4-6-20(21)26-23(28)18-12-17(13-24-14-18)22(27)25-19-10-8-16(3)9-11-19/h4-15H,1-3H3,(H,25,27)(H,26,28). The second-order valence-corrected chi connectivity index (χ2v) is 6.90. The number of nitrogens with zero attached hydrogens (tertiary/aromatic N) is 1. The molecule has 0 atom stereocenters. The van der Waals surface area contributed by atoms with Gasteiger partial charge in [-0.25, -0.2) is 0 Å². The smallest absolute Gasteiger partial charge is 0.257 e. The first-order valence-electron chi connectivity index (χ1n) is 9.32. The summed E-state index contributed by atoms with van der Waals surface area (Å²) in [6.07, 6.45) is 2.82. The summed E-state index contributed by atoms with van der Waals surface area (Å²) in [6.45, 7) is 5.80. The van der Waals surface area contributed by atoms with Crippen LogP contribution in [0.25, 0.3) is 0 Å².